The molecule has 1 aliphatic heterocycles. The Morgan fingerprint density at radius 1 is 1.00 bits per heavy atom. The zero-order valence-corrected chi connectivity index (χ0v) is 15.2. The van der Waals surface area contributed by atoms with Crippen molar-refractivity contribution >= 4 is 35.0 Å². The van der Waals surface area contributed by atoms with Crippen LogP contribution in [0.2, 0.25) is 0 Å². The molecule has 2 heterocycles. The molecule has 0 unspecified atom stereocenters. The standard InChI is InChI=1S/C19H20N4O4/c1-21-14-8-7-11(10-15(14)22(2)19(21)27)9-13-16(24)20-18(26)23(17(13)25)12-5-3-4-6-12/h7-10,12H,3-6H2,1-2H3,(H,20,24,26)/b13-9+. The van der Waals surface area contributed by atoms with E-state index in [4.69, 9.17) is 0 Å². The number of barbiturate groups is 1. The fraction of sp³-hybridized carbons (Fsp3) is 0.368. The number of aryl methyl sites for hydroxylation is 2. The lowest BCUT2D eigenvalue weighted by atomic mass is 10.0. The van der Waals surface area contributed by atoms with Gasteiger partial charge in [0.1, 0.15) is 5.57 Å². The summed E-state index contributed by atoms with van der Waals surface area (Å²) in [6, 6.07) is 4.46. The smallest absolute Gasteiger partial charge is 0.295 e. The van der Waals surface area contributed by atoms with Crippen LogP contribution in [0.5, 0.6) is 0 Å². The highest BCUT2D eigenvalue weighted by Gasteiger charge is 2.40. The molecule has 2 aliphatic rings. The highest BCUT2D eigenvalue weighted by Crippen LogP contribution is 2.27. The normalized spacial score (nSPS) is 20.1. The van der Waals surface area contributed by atoms with Crippen LogP contribution in [0, 0.1) is 0 Å². The molecular weight excluding hydrogens is 348 g/mol. The molecule has 1 saturated heterocycles. The van der Waals surface area contributed by atoms with Crippen LogP contribution in [0.25, 0.3) is 17.1 Å². The van der Waals surface area contributed by atoms with Crippen molar-refractivity contribution in [2.24, 2.45) is 14.1 Å². The Kier molecular flexibility index (Phi) is 3.98. The maximum Gasteiger partial charge on any atom is 0.331 e. The number of hydrogen-bond acceptors (Lipinski definition) is 4. The molecule has 2 fully saturated rings. The van der Waals surface area contributed by atoms with Crippen LogP contribution < -0.4 is 11.0 Å². The van der Waals surface area contributed by atoms with Gasteiger partial charge in [-0.05, 0) is 36.6 Å². The summed E-state index contributed by atoms with van der Waals surface area (Å²) in [6.07, 6.45) is 4.93. The number of hydrogen-bond donors (Lipinski definition) is 1. The minimum Gasteiger partial charge on any atom is -0.295 e. The molecule has 0 spiro atoms. The number of imidazole rings is 1. The fourth-order valence-electron chi connectivity index (χ4n) is 3.95. The van der Waals surface area contributed by atoms with Crippen LogP contribution in [-0.2, 0) is 23.7 Å². The molecule has 1 saturated carbocycles. The van der Waals surface area contributed by atoms with Gasteiger partial charge in [-0.2, -0.15) is 0 Å². The summed E-state index contributed by atoms with van der Waals surface area (Å²) in [5.74, 6) is -1.25. The summed E-state index contributed by atoms with van der Waals surface area (Å²) in [7, 11) is 3.35. The Balaban J connectivity index is 1.75. The van der Waals surface area contributed by atoms with Gasteiger partial charge in [-0.25, -0.2) is 9.59 Å². The minimum absolute atomic E-state index is 0.0678. The molecule has 0 atom stereocenters. The SMILES string of the molecule is Cn1c(=O)n(C)c2cc(/C=C3\C(=O)NC(=O)N(C4CCCC4)C3=O)ccc21. The number of carbonyl (C=O) groups is 3. The molecule has 8 nitrogen and oxygen atoms in total. The number of nitrogens with one attached hydrogen (secondary N) is 1. The van der Waals surface area contributed by atoms with Gasteiger partial charge in [0.15, 0.2) is 0 Å². The molecular formula is C19H20N4O4. The first kappa shape index (κ1) is 17.3. The van der Waals surface area contributed by atoms with Crippen LogP contribution in [-0.4, -0.2) is 37.9 Å². The van der Waals surface area contributed by atoms with Crippen LogP contribution in [0.4, 0.5) is 4.79 Å². The number of imide groups is 2. The largest absolute Gasteiger partial charge is 0.331 e. The number of urea groups is 1. The van der Waals surface area contributed by atoms with Gasteiger partial charge in [-0.15, -0.1) is 0 Å². The molecule has 8 heteroatoms. The van der Waals surface area contributed by atoms with E-state index in [1.54, 1.807) is 32.3 Å². The summed E-state index contributed by atoms with van der Waals surface area (Å²) >= 11 is 0. The summed E-state index contributed by atoms with van der Waals surface area (Å²) in [6.45, 7) is 0. The topological polar surface area (TPSA) is 93.4 Å². The highest BCUT2D eigenvalue weighted by molar-refractivity contribution is 6.31. The summed E-state index contributed by atoms with van der Waals surface area (Å²) in [5.41, 5.74) is 1.85. The molecule has 27 heavy (non-hydrogen) atoms. The summed E-state index contributed by atoms with van der Waals surface area (Å²) in [5, 5.41) is 2.27. The van der Waals surface area contributed by atoms with E-state index in [0.29, 0.717) is 11.1 Å². The minimum atomic E-state index is -0.693. The van der Waals surface area contributed by atoms with Gasteiger partial charge < -0.3 is 0 Å². The van der Waals surface area contributed by atoms with E-state index < -0.39 is 17.8 Å². The van der Waals surface area contributed by atoms with E-state index in [9.17, 15) is 19.2 Å². The molecule has 140 valence electrons. The Bertz CT molecular complexity index is 1070. The zero-order chi connectivity index (χ0) is 19.3. The van der Waals surface area contributed by atoms with Crippen molar-refractivity contribution in [2.75, 3.05) is 0 Å². The van der Waals surface area contributed by atoms with Crippen LogP contribution >= 0.6 is 0 Å². The predicted molar refractivity (Wildman–Crippen MR) is 98.8 cm³/mol. The number of nitrogens with zero attached hydrogens (tertiary/aromatic N) is 3. The number of benzene rings is 1. The number of rotatable bonds is 2. The van der Waals surface area contributed by atoms with E-state index in [2.05, 4.69) is 5.32 Å². The van der Waals surface area contributed by atoms with Gasteiger partial charge in [0.2, 0.25) is 0 Å². The van der Waals surface area contributed by atoms with Crippen molar-refractivity contribution in [1.29, 1.82) is 0 Å². The third-order valence-corrected chi connectivity index (χ3v) is 5.43. The van der Waals surface area contributed by atoms with E-state index >= 15 is 0 Å². The molecule has 1 N–H and O–H groups in total. The molecule has 0 bridgehead atoms. The van der Waals surface area contributed by atoms with E-state index in [0.717, 1.165) is 31.2 Å². The average molecular weight is 368 g/mol. The van der Waals surface area contributed by atoms with Crippen molar-refractivity contribution in [3.63, 3.8) is 0 Å². The first-order valence-electron chi connectivity index (χ1n) is 8.94. The number of aromatic nitrogens is 2. The van der Waals surface area contributed by atoms with Crippen molar-refractivity contribution in [2.45, 2.75) is 31.7 Å². The van der Waals surface area contributed by atoms with Gasteiger partial charge in [0.25, 0.3) is 11.8 Å². The first-order chi connectivity index (χ1) is 12.9. The summed E-state index contributed by atoms with van der Waals surface area (Å²) < 4.78 is 3.04. The predicted octanol–water partition coefficient (Wildman–Crippen LogP) is 1.28. The van der Waals surface area contributed by atoms with Gasteiger partial charge in [-0.1, -0.05) is 18.9 Å². The molecule has 4 amide bonds. The van der Waals surface area contributed by atoms with E-state index in [-0.39, 0.29) is 17.3 Å². The maximum atomic E-state index is 12.8. The lowest BCUT2D eigenvalue weighted by molar-refractivity contribution is -0.131. The lowest BCUT2D eigenvalue weighted by Gasteiger charge is -2.31. The van der Waals surface area contributed by atoms with Crippen molar-refractivity contribution < 1.29 is 14.4 Å². The number of fused-ring (bicyclic) bond motifs is 1. The van der Waals surface area contributed by atoms with Crippen LogP contribution in [0.3, 0.4) is 0 Å². The van der Waals surface area contributed by atoms with Gasteiger partial charge in [0, 0.05) is 20.1 Å². The second kappa shape index (κ2) is 6.22. The molecule has 1 aliphatic carbocycles. The second-order valence-electron chi connectivity index (χ2n) is 7.08. The van der Waals surface area contributed by atoms with Gasteiger partial charge in [0.05, 0.1) is 11.0 Å². The molecule has 4 rings (SSSR count). The Morgan fingerprint density at radius 3 is 2.37 bits per heavy atom. The maximum absolute atomic E-state index is 12.8. The Morgan fingerprint density at radius 2 is 1.67 bits per heavy atom. The molecule has 0 radical (unpaired) electrons. The number of amides is 4. The van der Waals surface area contributed by atoms with E-state index in [1.807, 2.05) is 0 Å². The fourth-order valence-corrected chi connectivity index (χ4v) is 3.95. The molecule has 2 aromatic rings. The monoisotopic (exact) mass is 368 g/mol. The zero-order valence-electron chi connectivity index (χ0n) is 15.2. The van der Waals surface area contributed by atoms with Crippen LogP contribution in [0.1, 0.15) is 31.2 Å². The third-order valence-electron chi connectivity index (χ3n) is 5.43. The van der Waals surface area contributed by atoms with Gasteiger partial charge in [-0.3, -0.25) is 28.9 Å². The van der Waals surface area contributed by atoms with Crippen molar-refractivity contribution in [3.8, 4) is 0 Å². The summed E-state index contributed by atoms with van der Waals surface area (Å²) in [4.78, 5) is 50.5. The van der Waals surface area contributed by atoms with Crippen LogP contribution in [0.15, 0.2) is 28.6 Å². The quantitative estimate of drug-likeness (QED) is 0.638. The lowest BCUT2D eigenvalue weighted by Crippen LogP contribution is -2.57. The van der Waals surface area contributed by atoms with Crippen molar-refractivity contribution in [1.82, 2.24) is 19.4 Å². The number of carbonyl (C=O) groups excluding carboxylic acids is 3. The van der Waals surface area contributed by atoms with E-state index in [1.165, 1.54) is 20.1 Å². The first-order valence-corrected chi connectivity index (χ1v) is 8.94. The third kappa shape index (κ3) is 2.68. The Hall–Kier alpha value is -3.16. The van der Waals surface area contributed by atoms with Gasteiger partial charge >= 0.3 is 11.7 Å². The molecule has 1 aromatic carbocycles. The highest BCUT2D eigenvalue weighted by atomic mass is 16.2. The Labute approximate surface area is 155 Å². The average Bonchev–Trinajstić information content (AvgIpc) is 3.23. The molecule has 1 aromatic heterocycles. The second-order valence-corrected chi connectivity index (χ2v) is 7.08. The van der Waals surface area contributed by atoms with Crippen molar-refractivity contribution in [3.05, 3.63) is 39.8 Å².